The molecule has 1 fully saturated rings. The number of hydrogen-bond donors (Lipinski definition) is 1. The minimum Gasteiger partial charge on any atom is -0.352 e. The van der Waals surface area contributed by atoms with Gasteiger partial charge in [0.25, 0.3) is 5.91 Å². The lowest BCUT2D eigenvalue weighted by atomic mass is 10.1. The van der Waals surface area contributed by atoms with Gasteiger partial charge in [-0.25, -0.2) is 4.98 Å². The van der Waals surface area contributed by atoms with Crippen LogP contribution in [0, 0.1) is 6.92 Å². The van der Waals surface area contributed by atoms with Crippen LogP contribution in [0.3, 0.4) is 0 Å². The van der Waals surface area contributed by atoms with Crippen LogP contribution in [0.4, 0.5) is 0 Å². The number of rotatable bonds is 7. The summed E-state index contributed by atoms with van der Waals surface area (Å²) >= 11 is 0. The summed E-state index contributed by atoms with van der Waals surface area (Å²) in [5, 5.41) is 2.98. The first-order valence-electron chi connectivity index (χ1n) is 10.7. The van der Waals surface area contributed by atoms with Crippen molar-refractivity contribution in [1.29, 1.82) is 0 Å². The summed E-state index contributed by atoms with van der Waals surface area (Å²) in [6.07, 6.45) is 3.64. The predicted octanol–water partition coefficient (Wildman–Crippen LogP) is 3.33. The zero-order valence-electron chi connectivity index (χ0n) is 17.4. The molecule has 1 N–H and O–H groups in total. The third-order valence-electron chi connectivity index (χ3n) is 5.63. The monoisotopic (exact) mass is 404 g/mol. The molecule has 1 aromatic heterocycles. The Morgan fingerprint density at radius 3 is 2.67 bits per heavy atom. The first kappa shape index (κ1) is 20.1. The van der Waals surface area contributed by atoms with Crippen LogP contribution in [0.1, 0.15) is 41.0 Å². The molecule has 4 rings (SSSR count). The molecule has 0 aliphatic carbocycles. The molecule has 0 unspecified atom stereocenters. The van der Waals surface area contributed by atoms with E-state index < -0.39 is 0 Å². The van der Waals surface area contributed by atoms with E-state index in [2.05, 4.69) is 5.32 Å². The molecule has 2 heterocycles. The number of benzene rings is 2. The Hall–Kier alpha value is -3.15. The summed E-state index contributed by atoms with van der Waals surface area (Å²) in [6, 6.07) is 15.5. The normalized spacial score (nSPS) is 13.7. The van der Waals surface area contributed by atoms with E-state index in [0.717, 1.165) is 54.8 Å². The van der Waals surface area contributed by atoms with Gasteiger partial charge in [-0.3, -0.25) is 9.59 Å². The topological polar surface area (TPSA) is 67.2 Å². The Labute approximate surface area is 176 Å². The Morgan fingerprint density at radius 2 is 1.87 bits per heavy atom. The van der Waals surface area contributed by atoms with Gasteiger partial charge in [0.2, 0.25) is 5.91 Å². The van der Waals surface area contributed by atoms with Crippen LogP contribution in [0.2, 0.25) is 0 Å². The maximum Gasteiger partial charge on any atom is 0.251 e. The number of fused-ring (bicyclic) bond motifs is 1. The summed E-state index contributed by atoms with van der Waals surface area (Å²) in [7, 11) is 0. The number of imidazole rings is 1. The Bertz CT molecular complexity index is 1050. The number of likely N-dealkylation sites (tertiary alicyclic amines) is 1. The number of nitrogens with one attached hydrogen (secondary N) is 1. The van der Waals surface area contributed by atoms with Gasteiger partial charge in [-0.05, 0) is 50.5 Å². The van der Waals surface area contributed by atoms with E-state index in [1.807, 2.05) is 64.9 Å². The lowest BCUT2D eigenvalue weighted by Gasteiger charge is -2.17. The summed E-state index contributed by atoms with van der Waals surface area (Å²) in [6.45, 7) is 4.57. The fraction of sp³-hybridized carbons (Fsp3) is 0.375. The van der Waals surface area contributed by atoms with Gasteiger partial charge >= 0.3 is 0 Å². The van der Waals surface area contributed by atoms with Gasteiger partial charge in [0, 0.05) is 31.6 Å². The van der Waals surface area contributed by atoms with Crippen molar-refractivity contribution in [2.75, 3.05) is 19.6 Å². The Morgan fingerprint density at radius 1 is 1.07 bits per heavy atom. The average Bonchev–Trinajstić information content (AvgIpc) is 3.40. The Kier molecular flexibility index (Phi) is 6.12. The van der Waals surface area contributed by atoms with E-state index in [1.54, 1.807) is 0 Å². The molecule has 0 radical (unpaired) electrons. The molecule has 6 heteroatoms. The molecule has 30 heavy (non-hydrogen) atoms. The highest BCUT2D eigenvalue weighted by molar-refractivity contribution is 5.94. The second-order valence-electron chi connectivity index (χ2n) is 7.92. The molecule has 0 spiro atoms. The van der Waals surface area contributed by atoms with Crippen LogP contribution in [-0.4, -0.2) is 45.9 Å². The Balaban J connectivity index is 1.40. The van der Waals surface area contributed by atoms with Crippen LogP contribution in [0.25, 0.3) is 11.0 Å². The van der Waals surface area contributed by atoms with Crippen LogP contribution in [0.15, 0.2) is 48.5 Å². The second-order valence-corrected chi connectivity index (χ2v) is 7.92. The molecule has 6 nitrogen and oxygen atoms in total. The molecule has 0 bridgehead atoms. The number of para-hydroxylation sites is 2. The summed E-state index contributed by atoms with van der Waals surface area (Å²) in [5.74, 6) is 0.995. The van der Waals surface area contributed by atoms with Crippen molar-refractivity contribution in [3.05, 3.63) is 65.5 Å². The highest BCUT2D eigenvalue weighted by atomic mass is 16.2. The number of amides is 2. The molecular formula is C24H28N4O2. The van der Waals surface area contributed by atoms with Crippen molar-refractivity contribution < 1.29 is 9.59 Å². The number of carbonyl (C=O) groups is 2. The van der Waals surface area contributed by atoms with Gasteiger partial charge in [0.05, 0.1) is 11.0 Å². The number of carbonyl (C=O) groups excluding carboxylic acids is 2. The van der Waals surface area contributed by atoms with E-state index in [4.69, 9.17) is 4.98 Å². The van der Waals surface area contributed by atoms with E-state index in [9.17, 15) is 9.59 Å². The minimum absolute atomic E-state index is 0.0589. The van der Waals surface area contributed by atoms with Crippen LogP contribution in [-0.2, 0) is 17.8 Å². The second kappa shape index (κ2) is 9.11. The molecule has 0 atom stereocenters. The fourth-order valence-electron chi connectivity index (χ4n) is 4.03. The first-order valence-corrected chi connectivity index (χ1v) is 10.7. The predicted molar refractivity (Wildman–Crippen MR) is 117 cm³/mol. The summed E-state index contributed by atoms with van der Waals surface area (Å²) in [4.78, 5) is 31.8. The molecule has 1 aliphatic rings. The zero-order chi connectivity index (χ0) is 20.9. The molecule has 2 amide bonds. The standard InChI is InChI=1S/C24H28N4O2/c1-18-8-6-9-19(16-18)24(30)25-13-7-12-22-26-20-10-2-3-11-21(20)28(22)17-23(29)27-14-4-5-15-27/h2-3,6,8-11,16H,4-5,7,12-15,17H2,1H3,(H,25,30). The van der Waals surface area contributed by atoms with Crippen molar-refractivity contribution in [2.45, 2.75) is 39.2 Å². The van der Waals surface area contributed by atoms with Crippen molar-refractivity contribution in [3.63, 3.8) is 0 Å². The molecule has 1 aliphatic heterocycles. The smallest absolute Gasteiger partial charge is 0.251 e. The molecule has 156 valence electrons. The van der Waals surface area contributed by atoms with E-state index in [0.29, 0.717) is 25.1 Å². The van der Waals surface area contributed by atoms with Crippen molar-refractivity contribution >= 4 is 22.8 Å². The van der Waals surface area contributed by atoms with Gasteiger partial charge in [-0.1, -0.05) is 29.8 Å². The number of nitrogens with zero attached hydrogens (tertiary/aromatic N) is 3. The van der Waals surface area contributed by atoms with Crippen molar-refractivity contribution in [1.82, 2.24) is 19.8 Å². The third kappa shape index (κ3) is 4.53. The van der Waals surface area contributed by atoms with E-state index >= 15 is 0 Å². The third-order valence-corrected chi connectivity index (χ3v) is 5.63. The molecule has 1 saturated heterocycles. The van der Waals surface area contributed by atoms with Crippen LogP contribution >= 0.6 is 0 Å². The van der Waals surface area contributed by atoms with Gasteiger partial charge in [0.1, 0.15) is 12.4 Å². The van der Waals surface area contributed by atoms with Crippen molar-refractivity contribution in [2.24, 2.45) is 0 Å². The van der Waals surface area contributed by atoms with Gasteiger partial charge in [-0.2, -0.15) is 0 Å². The summed E-state index contributed by atoms with van der Waals surface area (Å²) < 4.78 is 2.04. The minimum atomic E-state index is -0.0589. The van der Waals surface area contributed by atoms with Gasteiger partial charge in [0.15, 0.2) is 0 Å². The largest absolute Gasteiger partial charge is 0.352 e. The van der Waals surface area contributed by atoms with E-state index in [-0.39, 0.29) is 11.8 Å². The molecule has 2 aromatic carbocycles. The van der Waals surface area contributed by atoms with E-state index in [1.165, 1.54) is 0 Å². The maximum absolute atomic E-state index is 12.7. The molecule has 0 saturated carbocycles. The maximum atomic E-state index is 12.7. The highest BCUT2D eigenvalue weighted by Crippen LogP contribution is 2.18. The summed E-state index contributed by atoms with van der Waals surface area (Å²) in [5.41, 5.74) is 3.65. The average molecular weight is 405 g/mol. The van der Waals surface area contributed by atoms with Crippen molar-refractivity contribution in [3.8, 4) is 0 Å². The quantitative estimate of drug-likeness (QED) is 0.614. The fourth-order valence-corrected chi connectivity index (χ4v) is 4.03. The molecular weight excluding hydrogens is 376 g/mol. The number of hydrogen-bond acceptors (Lipinski definition) is 3. The number of aromatic nitrogens is 2. The SMILES string of the molecule is Cc1cccc(C(=O)NCCCc2nc3ccccc3n2CC(=O)N2CCCC2)c1. The molecule has 3 aromatic rings. The lowest BCUT2D eigenvalue weighted by molar-refractivity contribution is -0.130. The first-order chi connectivity index (χ1) is 14.6. The van der Waals surface area contributed by atoms with Gasteiger partial charge < -0.3 is 14.8 Å². The lowest BCUT2D eigenvalue weighted by Crippen LogP contribution is -2.31. The zero-order valence-corrected chi connectivity index (χ0v) is 17.4. The van der Waals surface area contributed by atoms with Crippen LogP contribution in [0.5, 0.6) is 0 Å². The number of aryl methyl sites for hydroxylation is 2. The van der Waals surface area contributed by atoms with Crippen LogP contribution < -0.4 is 5.32 Å². The van der Waals surface area contributed by atoms with Gasteiger partial charge in [-0.15, -0.1) is 0 Å². The highest BCUT2D eigenvalue weighted by Gasteiger charge is 2.20.